The number of nitrogens with zero attached hydrogens (tertiary/aromatic N) is 3. The molecule has 2 heterocycles. The van der Waals surface area contributed by atoms with Gasteiger partial charge in [-0.2, -0.15) is 0 Å². The van der Waals surface area contributed by atoms with E-state index >= 15 is 0 Å². The molecular weight excluding hydrogens is 335 g/mol. The lowest BCUT2D eigenvalue weighted by Gasteiger charge is -2.14. The van der Waals surface area contributed by atoms with Crippen LogP contribution in [0.5, 0.6) is 5.75 Å². The van der Waals surface area contributed by atoms with Gasteiger partial charge >= 0.3 is 6.36 Å². The standard InChI is InChI=1S/C16H18F3N5O/c17-16(18,19)25-13-6-2-1-5-12(13)23-15(20)21-9-11-10-24-8-4-3-7-14(24)22-11/h1-2,5-6,10H,3-4,7-9H2,(H3,20,21,23). The maximum atomic E-state index is 12.4. The molecule has 9 heteroatoms. The van der Waals surface area contributed by atoms with Crippen LogP contribution in [0.3, 0.4) is 0 Å². The zero-order valence-electron chi connectivity index (χ0n) is 13.4. The third kappa shape index (κ3) is 4.65. The van der Waals surface area contributed by atoms with Gasteiger partial charge in [-0.05, 0) is 25.0 Å². The lowest BCUT2D eigenvalue weighted by molar-refractivity contribution is -0.274. The number of para-hydroxylation sites is 2. The average Bonchev–Trinajstić information content (AvgIpc) is 2.96. The summed E-state index contributed by atoms with van der Waals surface area (Å²) < 4.78 is 43.3. The molecular formula is C16H18F3N5O. The number of aliphatic imine (C=N–C) groups is 1. The zero-order chi connectivity index (χ0) is 17.9. The summed E-state index contributed by atoms with van der Waals surface area (Å²) in [4.78, 5) is 8.64. The summed E-state index contributed by atoms with van der Waals surface area (Å²) in [5, 5.41) is 2.63. The second kappa shape index (κ2) is 7.04. The van der Waals surface area contributed by atoms with Gasteiger partial charge in [-0.25, -0.2) is 9.98 Å². The molecule has 0 saturated carbocycles. The van der Waals surface area contributed by atoms with Crippen molar-refractivity contribution in [3.8, 4) is 5.75 Å². The highest BCUT2D eigenvalue weighted by Crippen LogP contribution is 2.29. The first-order valence-corrected chi connectivity index (χ1v) is 7.87. The van der Waals surface area contributed by atoms with Crippen LogP contribution in [0.25, 0.3) is 0 Å². The Morgan fingerprint density at radius 1 is 1.32 bits per heavy atom. The van der Waals surface area contributed by atoms with E-state index in [1.54, 1.807) is 6.07 Å². The summed E-state index contributed by atoms with van der Waals surface area (Å²) in [5.41, 5.74) is 6.64. The number of aromatic nitrogens is 2. The van der Waals surface area contributed by atoms with Gasteiger partial charge in [-0.1, -0.05) is 12.1 Å². The molecule has 3 rings (SSSR count). The largest absolute Gasteiger partial charge is 0.573 e. The van der Waals surface area contributed by atoms with E-state index in [1.807, 2.05) is 6.20 Å². The smallest absolute Gasteiger partial charge is 0.404 e. The number of guanidine groups is 1. The number of alkyl halides is 3. The molecule has 0 unspecified atom stereocenters. The van der Waals surface area contributed by atoms with Gasteiger partial charge in [0, 0.05) is 19.2 Å². The van der Waals surface area contributed by atoms with Crippen LogP contribution in [-0.4, -0.2) is 21.9 Å². The Balaban J connectivity index is 1.67. The number of rotatable bonds is 4. The summed E-state index contributed by atoms with van der Waals surface area (Å²) >= 11 is 0. The van der Waals surface area contributed by atoms with Crippen LogP contribution in [0.2, 0.25) is 0 Å². The monoisotopic (exact) mass is 353 g/mol. The molecule has 0 saturated heterocycles. The highest BCUT2D eigenvalue weighted by atomic mass is 19.4. The first kappa shape index (κ1) is 17.1. The number of nitrogens with one attached hydrogen (secondary N) is 1. The predicted molar refractivity (Wildman–Crippen MR) is 87.2 cm³/mol. The Hall–Kier alpha value is -2.71. The van der Waals surface area contributed by atoms with Gasteiger partial charge in [-0.15, -0.1) is 13.2 Å². The van der Waals surface area contributed by atoms with E-state index < -0.39 is 6.36 Å². The topological polar surface area (TPSA) is 77.5 Å². The summed E-state index contributed by atoms with van der Waals surface area (Å²) in [6.45, 7) is 1.20. The first-order chi connectivity index (χ1) is 11.9. The minimum absolute atomic E-state index is 0.0100. The number of nitrogens with two attached hydrogens (primary N) is 1. The van der Waals surface area contributed by atoms with Crippen molar-refractivity contribution in [3.63, 3.8) is 0 Å². The predicted octanol–water partition coefficient (Wildman–Crippen LogP) is 3.04. The van der Waals surface area contributed by atoms with E-state index in [4.69, 9.17) is 5.73 Å². The van der Waals surface area contributed by atoms with E-state index in [2.05, 4.69) is 24.6 Å². The number of ether oxygens (including phenoxy) is 1. The molecule has 0 amide bonds. The van der Waals surface area contributed by atoms with Crippen molar-refractivity contribution in [2.45, 2.75) is 38.7 Å². The third-order valence-corrected chi connectivity index (χ3v) is 3.75. The molecule has 0 fully saturated rings. The van der Waals surface area contributed by atoms with Gasteiger partial charge in [0.1, 0.15) is 5.82 Å². The normalized spacial score (nSPS) is 14.9. The molecule has 1 aliphatic rings. The van der Waals surface area contributed by atoms with Crippen molar-refractivity contribution in [2.75, 3.05) is 5.32 Å². The van der Waals surface area contributed by atoms with E-state index in [9.17, 15) is 13.2 Å². The van der Waals surface area contributed by atoms with Crippen LogP contribution in [0.4, 0.5) is 18.9 Å². The van der Waals surface area contributed by atoms with Crippen LogP contribution in [-0.2, 0) is 19.5 Å². The maximum Gasteiger partial charge on any atom is 0.573 e. The molecule has 6 nitrogen and oxygen atoms in total. The number of aryl methyl sites for hydroxylation is 2. The maximum absolute atomic E-state index is 12.4. The zero-order valence-corrected chi connectivity index (χ0v) is 13.4. The molecule has 134 valence electrons. The Bertz CT molecular complexity index is 746. The van der Waals surface area contributed by atoms with Crippen LogP contribution in [0, 0.1) is 0 Å². The Morgan fingerprint density at radius 2 is 2.12 bits per heavy atom. The van der Waals surface area contributed by atoms with E-state index in [0.717, 1.165) is 37.3 Å². The van der Waals surface area contributed by atoms with Crippen LogP contribution in [0.1, 0.15) is 24.4 Å². The molecule has 0 atom stereocenters. The van der Waals surface area contributed by atoms with Gasteiger partial charge in [0.2, 0.25) is 0 Å². The lowest BCUT2D eigenvalue weighted by Crippen LogP contribution is -2.24. The van der Waals surface area contributed by atoms with E-state index in [0.29, 0.717) is 0 Å². The Morgan fingerprint density at radius 3 is 2.88 bits per heavy atom. The molecule has 3 N–H and O–H groups in total. The molecule has 2 aromatic rings. The van der Waals surface area contributed by atoms with E-state index in [1.165, 1.54) is 18.2 Å². The molecule has 0 spiro atoms. The molecule has 0 aliphatic carbocycles. The quantitative estimate of drug-likeness (QED) is 0.654. The number of hydrogen-bond acceptors (Lipinski definition) is 3. The molecule has 1 aromatic heterocycles. The van der Waals surface area contributed by atoms with Gasteiger partial charge in [0.25, 0.3) is 0 Å². The number of anilines is 1. The Labute approximate surface area is 142 Å². The van der Waals surface area contributed by atoms with Gasteiger partial charge in [0.05, 0.1) is 17.9 Å². The molecule has 0 radical (unpaired) electrons. The number of fused-ring (bicyclic) bond motifs is 1. The molecule has 0 bridgehead atoms. The highest BCUT2D eigenvalue weighted by Gasteiger charge is 2.32. The number of halogens is 3. The van der Waals surface area contributed by atoms with Crippen molar-refractivity contribution in [3.05, 3.63) is 42.0 Å². The van der Waals surface area contributed by atoms with E-state index in [-0.39, 0.29) is 23.9 Å². The van der Waals surface area contributed by atoms with Crippen molar-refractivity contribution >= 4 is 11.6 Å². The van der Waals surface area contributed by atoms with Crippen molar-refractivity contribution in [1.29, 1.82) is 0 Å². The molecule has 1 aromatic carbocycles. The minimum Gasteiger partial charge on any atom is -0.404 e. The fourth-order valence-electron chi connectivity index (χ4n) is 2.68. The van der Waals surface area contributed by atoms with Crippen molar-refractivity contribution < 1.29 is 17.9 Å². The highest BCUT2D eigenvalue weighted by molar-refractivity contribution is 5.93. The average molecular weight is 353 g/mol. The fraction of sp³-hybridized carbons (Fsp3) is 0.375. The third-order valence-electron chi connectivity index (χ3n) is 3.75. The lowest BCUT2D eigenvalue weighted by atomic mass is 10.2. The first-order valence-electron chi connectivity index (χ1n) is 7.87. The van der Waals surface area contributed by atoms with Crippen LogP contribution in [0.15, 0.2) is 35.5 Å². The molecule has 25 heavy (non-hydrogen) atoms. The van der Waals surface area contributed by atoms with Gasteiger partial charge in [-0.3, -0.25) is 0 Å². The summed E-state index contributed by atoms with van der Waals surface area (Å²) in [6.07, 6.45) is 0.357. The minimum atomic E-state index is -4.78. The summed E-state index contributed by atoms with van der Waals surface area (Å²) in [7, 11) is 0. The second-order valence-electron chi connectivity index (χ2n) is 5.67. The van der Waals surface area contributed by atoms with Crippen molar-refractivity contribution in [1.82, 2.24) is 9.55 Å². The second-order valence-corrected chi connectivity index (χ2v) is 5.67. The molecule has 1 aliphatic heterocycles. The Kier molecular flexibility index (Phi) is 4.82. The van der Waals surface area contributed by atoms with Gasteiger partial charge in [0.15, 0.2) is 11.7 Å². The SMILES string of the molecule is NC(=NCc1cn2c(n1)CCCC2)Nc1ccccc1OC(F)(F)F. The number of benzene rings is 1. The van der Waals surface area contributed by atoms with Crippen LogP contribution >= 0.6 is 0 Å². The summed E-state index contributed by atoms with van der Waals surface area (Å²) in [6, 6.07) is 5.64. The number of imidazole rings is 1. The fourth-order valence-corrected chi connectivity index (χ4v) is 2.68. The number of hydrogen-bond donors (Lipinski definition) is 2. The van der Waals surface area contributed by atoms with Crippen molar-refractivity contribution in [2.24, 2.45) is 10.7 Å². The van der Waals surface area contributed by atoms with Crippen LogP contribution < -0.4 is 15.8 Å². The summed E-state index contributed by atoms with van der Waals surface area (Å²) in [5.74, 6) is 0.654. The van der Waals surface area contributed by atoms with Gasteiger partial charge < -0.3 is 20.4 Å².